The molecule has 0 spiro atoms. The number of aromatic nitrogens is 2. The molecule has 2 aromatic rings. The van der Waals surface area contributed by atoms with Crippen LogP contribution in [0.3, 0.4) is 0 Å². The van der Waals surface area contributed by atoms with Gasteiger partial charge in [0, 0.05) is 11.9 Å². The normalized spacial score (nSPS) is 27.6. The molecule has 1 unspecified atom stereocenters. The average molecular weight is 524 g/mol. The van der Waals surface area contributed by atoms with Gasteiger partial charge in [0.15, 0.2) is 5.90 Å². The predicted molar refractivity (Wildman–Crippen MR) is 118 cm³/mol. The maximum Gasteiger partial charge on any atom is 0.340 e. The summed E-state index contributed by atoms with van der Waals surface area (Å²) >= 11 is 6.07. The van der Waals surface area contributed by atoms with E-state index in [9.17, 15) is 24.2 Å². The van der Waals surface area contributed by atoms with E-state index in [-0.39, 0.29) is 5.28 Å². The Bertz CT molecular complexity index is 1130. The number of aliphatic hydroxyl groups excluding tert-OH is 2. The molecule has 1 aliphatic carbocycles. The van der Waals surface area contributed by atoms with Crippen molar-refractivity contribution >= 4 is 43.5 Å². The molecule has 12 nitrogen and oxygen atoms in total. The Balaban J connectivity index is 1.49. The minimum absolute atomic E-state index is 0.0425. The van der Waals surface area contributed by atoms with Crippen molar-refractivity contribution in [1.82, 2.24) is 9.97 Å². The second kappa shape index (κ2) is 9.47. The summed E-state index contributed by atoms with van der Waals surface area (Å²) in [5.74, 6) is -0.157. The Hall–Kier alpha value is -1.17. The maximum absolute atomic E-state index is 11.8. The van der Waals surface area contributed by atoms with Crippen molar-refractivity contribution in [2.24, 2.45) is 5.92 Å². The number of anilines is 1. The van der Waals surface area contributed by atoms with E-state index in [0.717, 1.165) is 11.9 Å². The van der Waals surface area contributed by atoms with Gasteiger partial charge in [-0.2, -0.15) is 0 Å². The Morgan fingerprint density at radius 3 is 2.55 bits per heavy atom. The number of ether oxygens (including phenoxy) is 1. The topological polar surface area (TPSA) is 192 Å². The fourth-order valence-corrected chi connectivity index (χ4v) is 6.36. The summed E-state index contributed by atoms with van der Waals surface area (Å²) in [6.45, 7) is 0.124. The lowest BCUT2D eigenvalue weighted by atomic mass is 10.0. The summed E-state index contributed by atoms with van der Waals surface area (Å²) in [5, 5.41) is 24.8. The summed E-state index contributed by atoms with van der Waals surface area (Å²) in [6, 6.07) is 5.06. The molecule has 4 rings (SSSR count). The Morgan fingerprint density at radius 2 is 1.88 bits per heavy atom. The van der Waals surface area contributed by atoms with Crippen LogP contribution in [0, 0.1) is 5.92 Å². The van der Waals surface area contributed by atoms with Crippen LogP contribution in [0.15, 0.2) is 18.2 Å². The van der Waals surface area contributed by atoms with Gasteiger partial charge in [0.05, 0.1) is 12.1 Å². The minimum Gasteiger partial charge on any atom is -0.387 e. The van der Waals surface area contributed by atoms with Crippen LogP contribution in [0.4, 0.5) is 5.82 Å². The molecule has 15 heteroatoms. The lowest BCUT2D eigenvalue weighted by molar-refractivity contribution is -0.0186. The van der Waals surface area contributed by atoms with E-state index in [1.807, 2.05) is 0 Å². The molecule has 2 aliphatic rings. The second-order valence-corrected chi connectivity index (χ2v) is 12.6. The van der Waals surface area contributed by atoms with Crippen LogP contribution in [0.5, 0.6) is 0 Å². The van der Waals surface area contributed by atoms with E-state index < -0.39 is 52.1 Å². The summed E-state index contributed by atoms with van der Waals surface area (Å²) in [5.41, 5.74) is 0.971. The second-order valence-electron chi connectivity index (χ2n) is 8.26. The molecule has 2 fully saturated rings. The molecule has 1 aromatic heterocycles. The highest BCUT2D eigenvalue weighted by molar-refractivity contribution is 7.70. The first-order valence-corrected chi connectivity index (χ1v) is 14.1. The van der Waals surface area contributed by atoms with E-state index in [0.29, 0.717) is 22.8 Å². The molecule has 1 aromatic carbocycles. The van der Waals surface area contributed by atoms with Crippen molar-refractivity contribution in [3.8, 4) is 0 Å². The maximum atomic E-state index is 11.8. The van der Waals surface area contributed by atoms with E-state index in [4.69, 9.17) is 30.6 Å². The average Bonchev–Trinajstić information content (AvgIpc) is 3.49. The third-order valence-electron chi connectivity index (χ3n) is 5.44. The first kappa shape index (κ1) is 24.9. The smallest absolute Gasteiger partial charge is 0.340 e. The number of benzene rings is 1. The molecule has 5 atom stereocenters. The van der Waals surface area contributed by atoms with Gasteiger partial charge in [-0.1, -0.05) is 6.07 Å². The van der Waals surface area contributed by atoms with Crippen LogP contribution in [0.25, 0.3) is 10.9 Å². The predicted octanol–water partition coefficient (Wildman–Crippen LogP) is 1.60. The largest absolute Gasteiger partial charge is 0.387 e. The molecule has 0 radical (unpaired) electrons. The first-order valence-electron chi connectivity index (χ1n) is 10.2. The van der Waals surface area contributed by atoms with Gasteiger partial charge < -0.3 is 39.5 Å². The number of hydrogen-bond acceptors (Lipinski definition) is 9. The molecular weight excluding hydrogens is 500 g/mol. The number of fused-ring (bicyclic) bond motifs is 1. The first-order chi connectivity index (χ1) is 15.4. The zero-order valence-corrected chi connectivity index (χ0v) is 19.7. The molecule has 33 heavy (non-hydrogen) atoms. The Morgan fingerprint density at radius 1 is 1.15 bits per heavy atom. The highest BCUT2D eigenvalue weighted by Crippen LogP contribution is 2.55. The number of hydrogen-bond donors (Lipinski definition) is 6. The lowest BCUT2D eigenvalue weighted by Crippen LogP contribution is -2.33. The molecule has 1 saturated carbocycles. The molecule has 0 bridgehead atoms. The fraction of sp³-hybridized carbons (Fsp3) is 0.556. The van der Waals surface area contributed by atoms with Crippen molar-refractivity contribution in [1.29, 1.82) is 0 Å². The van der Waals surface area contributed by atoms with Gasteiger partial charge in [-0.25, -0.2) is 9.97 Å². The number of nitrogens with one attached hydrogen (secondary N) is 1. The molecule has 1 aliphatic heterocycles. The molecule has 182 valence electrons. The van der Waals surface area contributed by atoms with E-state index >= 15 is 0 Å². The molecular formula is C18H24ClN3O9P2. The highest BCUT2D eigenvalue weighted by Gasteiger charge is 2.45. The van der Waals surface area contributed by atoms with Crippen molar-refractivity contribution in [2.45, 2.75) is 37.3 Å². The zero-order valence-electron chi connectivity index (χ0n) is 17.2. The molecule has 0 amide bonds. The van der Waals surface area contributed by atoms with Gasteiger partial charge in [-0.05, 0) is 48.1 Å². The van der Waals surface area contributed by atoms with Crippen LogP contribution < -0.4 is 5.32 Å². The Labute approximate surface area is 193 Å². The monoisotopic (exact) mass is 523 g/mol. The fourth-order valence-electron chi connectivity index (χ4n) is 3.62. The van der Waals surface area contributed by atoms with Gasteiger partial charge in [0.2, 0.25) is 5.28 Å². The van der Waals surface area contributed by atoms with Gasteiger partial charge in [0.25, 0.3) is 0 Å². The van der Waals surface area contributed by atoms with Crippen molar-refractivity contribution in [3.05, 3.63) is 29.0 Å². The van der Waals surface area contributed by atoms with E-state index in [1.54, 1.807) is 18.2 Å². The summed E-state index contributed by atoms with van der Waals surface area (Å²) in [7, 11) is -9.43. The van der Waals surface area contributed by atoms with Crippen LogP contribution in [-0.4, -0.2) is 72.2 Å². The van der Waals surface area contributed by atoms with Gasteiger partial charge in [0.1, 0.15) is 30.2 Å². The van der Waals surface area contributed by atoms with Gasteiger partial charge >= 0.3 is 15.2 Å². The van der Waals surface area contributed by atoms with E-state index in [2.05, 4.69) is 15.3 Å². The number of rotatable bonds is 9. The third kappa shape index (κ3) is 6.29. The summed E-state index contributed by atoms with van der Waals surface area (Å²) in [6.07, 6.45) is -2.73. The van der Waals surface area contributed by atoms with Crippen LogP contribution in [-0.2, 0) is 18.4 Å². The van der Waals surface area contributed by atoms with Crippen LogP contribution in [0.1, 0.15) is 24.5 Å². The lowest BCUT2D eigenvalue weighted by Gasteiger charge is -2.18. The van der Waals surface area contributed by atoms with Crippen molar-refractivity contribution in [2.75, 3.05) is 24.4 Å². The third-order valence-corrected chi connectivity index (χ3v) is 9.07. The molecule has 2 heterocycles. The number of nitrogens with zero attached hydrogens (tertiary/aromatic N) is 2. The molecule has 1 saturated heterocycles. The quantitative estimate of drug-likeness (QED) is 0.206. The van der Waals surface area contributed by atoms with Crippen LogP contribution >= 0.6 is 26.8 Å². The molecule has 6 N–H and O–H groups in total. The van der Waals surface area contributed by atoms with Crippen LogP contribution in [0.2, 0.25) is 5.28 Å². The summed E-state index contributed by atoms with van der Waals surface area (Å²) < 4.78 is 33.2. The minimum atomic E-state index is -4.79. The van der Waals surface area contributed by atoms with Gasteiger partial charge in [-0.3, -0.25) is 9.13 Å². The highest BCUT2D eigenvalue weighted by atomic mass is 35.5. The number of halogens is 1. The number of aliphatic hydroxyl groups is 2. The van der Waals surface area contributed by atoms with Crippen molar-refractivity contribution < 1.29 is 43.3 Å². The van der Waals surface area contributed by atoms with E-state index in [1.165, 1.54) is 12.8 Å². The Kier molecular flexibility index (Phi) is 7.15. The standard InChI is InChI=1S/C18H24ClN3O9P2/c19-18-21-12-5-10(3-4-11(12)17(22-18)20-6-9-1-2-9)16-15(24)14(23)13(31-16)7-30-33(28,29)8-32(25,26)27/h3-5,9,13-16,23-24H,1-2,6-8H2,(H,28,29)(H,20,21,22)(H2,25,26,27)/t13-,14-,15-,16+/m1/s1. The SMILES string of the molecule is O=P(O)(O)CP(=O)(O)OC[C@H]1O[C@@H](c2ccc3c(NCC4CC4)nc(Cl)nc3c2)[C@H](O)[C@@H]1O. The summed E-state index contributed by atoms with van der Waals surface area (Å²) in [4.78, 5) is 35.8. The van der Waals surface area contributed by atoms with Crippen molar-refractivity contribution in [3.63, 3.8) is 0 Å². The van der Waals surface area contributed by atoms with Gasteiger partial charge in [-0.15, -0.1) is 0 Å². The zero-order chi connectivity index (χ0) is 24.0.